The largest absolute Gasteiger partial charge is 0.365 e. The number of benzene rings is 1. The molecule has 0 N–H and O–H groups in total. The third-order valence-corrected chi connectivity index (χ3v) is 7.60. The molecule has 1 aromatic carbocycles. The molecule has 9 heteroatoms. The van der Waals surface area contributed by atoms with Crippen molar-refractivity contribution in [3.8, 4) is 0 Å². The van der Waals surface area contributed by atoms with E-state index in [0.717, 1.165) is 49.3 Å². The molecule has 3 aromatic rings. The minimum atomic E-state index is -0.879. The average molecular weight is 467 g/mol. The molecule has 3 aliphatic rings. The van der Waals surface area contributed by atoms with Gasteiger partial charge in [-0.2, -0.15) is 5.10 Å². The van der Waals surface area contributed by atoms with Crippen LogP contribution < -0.4 is 4.90 Å². The lowest BCUT2D eigenvalue weighted by atomic mass is 9.82. The summed E-state index contributed by atoms with van der Waals surface area (Å²) >= 11 is 0. The summed E-state index contributed by atoms with van der Waals surface area (Å²) in [6.07, 6.45) is 4.84. The van der Waals surface area contributed by atoms with E-state index in [2.05, 4.69) is 20.9 Å². The standard InChI is InChI=1S/C25H28F2N6O/c1-15-10-22(29-14-28-15)32-12-16-6-7-17(13-32)19(16)11-21-30-25-24(34-9-3-8-33(25)31-21)18-4-2-5-20(26)23(18)27/h2,4-5,10,14,16-17,19,24H,3,6-9,11-13H2,1H3/t16-,17+,19?,24-/m1/s1. The van der Waals surface area contributed by atoms with Gasteiger partial charge >= 0.3 is 0 Å². The summed E-state index contributed by atoms with van der Waals surface area (Å²) in [5, 5.41) is 4.79. The lowest BCUT2D eigenvalue weighted by Gasteiger charge is -2.38. The van der Waals surface area contributed by atoms with Gasteiger partial charge in [-0.15, -0.1) is 0 Å². The maximum absolute atomic E-state index is 14.6. The molecule has 0 amide bonds. The molecule has 2 aliphatic heterocycles. The normalized spacial score (nSPS) is 26.4. The molecule has 7 nitrogen and oxygen atoms in total. The van der Waals surface area contributed by atoms with Gasteiger partial charge in [-0.3, -0.25) is 0 Å². The molecule has 4 heterocycles. The number of hydrogen-bond acceptors (Lipinski definition) is 6. The second kappa shape index (κ2) is 8.69. The SMILES string of the molecule is Cc1cc(N2C[C@H]3CC[C@@H](C2)C3Cc2nc3n(n2)CCCO[C@@H]3c2cccc(F)c2F)ncn1. The minimum absolute atomic E-state index is 0.177. The zero-order valence-corrected chi connectivity index (χ0v) is 19.2. The number of hydrogen-bond donors (Lipinski definition) is 0. The zero-order valence-electron chi connectivity index (χ0n) is 19.2. The van der Waals surface area contributed by atoms with Gasteiger partial charge in [0.15, 0.2) is 23.3 Å². The summed E-state index contributed by atoms with van der Waals surface area (Å²) in [7, 11) is 0. The van der Waals surface area contributed by atoms with Crippen molar-refractivity contribution in [2.45, 2.75) is 45.3 Å². The number of aryl methyl sites for hydroxylation is 2. The molecule has 0 spiro atoms. The van der Waals surface area contributed by atoms with Crippen LogP contribution in [-0.2, 0) is 17.7 Å². The monoisotopic (exact) mass is 466 g/mol. The molecular weight excluding hydrogens is 438 g/mol. The Morgan fingerprint density at radius 2 is 1.94 bits per heavy atom. The van der Waals surface area contributed by atoms with Gasteiger partial charge in [0.05, 0.1) is 0 Å². The first-order valence-electron chi connectivity index (χ1n) is 12.1. The molecule has 1 saturated heterocycles. The first-order chi connectivity index (χ1) is 16.6. The maximum atomic E-state index is 14.6. The Morgan fingerprint density at radius 1 is 1.12 bits per heavy atom. The first-order valence-corrected chi connectivity index (χ1v) is 12.1. The van der Waals surface area contributed by atoms with Crippen LogP contribution in [0.3, 0.4) is 0 Å². The molecule has 4 atom stereocenters. The summed E-state index contributed by atoms with van der Waals surface area (Å²) in [6, 6.07) is 6.25. The molecule has 1 unspecified atom stereocenters. The van der Waals surface area contributed by atoms with E-state index in [0.29, 0.717) is 36.7 Å². The third-order valence-electron chi connectivity index (χ3n) is 7.60. The summed E-state index contributed by atoms with van der Waals surface area (Å²) in [5.74, 6) is 2.22. The van der Waals surface area contributed by atoms with Crippen LogP contribution in [0.4, 0.5) is 14.6 Å². The molecule has 2 fully saturated rings. The van der Waals surface area contributed by atoms with Crippen molar-refractivity contribution in [1.29, 1.82) is 0 Å². The molecular formula is C25H28F2N6O. The second-order valence-electron chi connectivity index (χ2n) is 9.74. The average Bonchev–Trinajstić information content (AvgIpc) is 3.23. The van der Waals surface area contributed by atoms with E-state index in [1.165, 1.54) is 18.9 Å². The Morgan fingerprint density at radius 3 is 2.74 bits per heavy atom. The number of piperidine rings is 1. The molecule has 1 saturated carbocycles. The minimum Gasteiger partial charge on any atom is -0.365 e. The predicted molar refractivity (Wildman–Crippen MR) is 121 cm³/mol. The van der Waals surface area contributed by atoms with E-state index in [-0.39, 0.29) is 5.56 Å². The van der Waals surface area contributed by atoms with Gasteiger partial charge < -0.3 is 9.64 Å². The number of anilines is 1. The maximum Gasteiger partial charge on any atom is 0.165 e. The third kappa shape index (κ3) is 3.85. The van der Waals surface area contributed by atoms with Gasteiger partial charge in [-0.05, 0) is 50.0 Å². The highest BCUT2D eigenvalue weighted by Crippen LogP contribution is 2.44. The predicted octanol–water partition coefficient (Wildman–Crippen LogP) is 3.87. The topological polar surface area (TPSA) is 69.0 Å². The Labute approximate surface area is 197 Å². The number of halogens is 2. The molecule has 1 aliphatic carbocycles. The molecule has 2 bridgehead atoms. The van der Waals surface area contributed by atoms with Crippen LogP contribution in [0.2, 0.25) is 0 Å². The zero-order chi connectivity index (χ0) is 23.2. The highest BCUT2D eigenvalue weighted by atomic mass is 19.2. The van der Waals surface area contributed by atoms with Crippen molar-refractivity contribution in [2.75, 3.05) is 24.6 Å². The van der Waals surface area contributed by atoms with Crippen molar-refractivity contribution in [3.05, 3.63) is 65.1 Å². The Balaban J connectivity index is 1.23. The highest BCUT2D eigenvalue weighted by Gasteiger charge is 2.43. The number of rotatable bonds is 4. The lowest BCUT2D eigenvalue weighted by molar-refractivity contribution is 0.0781. The van der Waals surface area contributed by atoms with Gasteiger partial charge in [0.25, 0.3) is 0 Å². The fraction of sp³-hybridized carbons (Fsp3) is 0.520. The Kier molecular flexibility index (Phi) is 5.51. The second-order valence-corrected chi connectivity index (χ2v) is 9.74. The van der Waals surface area contributed by atoms with E-state index in [1.807, 2.05) is 11.6 Å². The summed E-state index contributed by atoms with van der Waals surface area (Å²) in [5.41, 5.74) is 1.16. The van der Waals surface area contributed by atoms with Gasteiger partial charge in [-0.1, -0.05) is 12.1 Å². The van der Waals surface area contributed by atoms with Crippen molar-refractivity contribution in [1.82, 2.24) is 24.7 Å². The van der Waals surface area contributed by atoms with Crippen LogP contribution in [0, 0.1) is 36.3 Å². The van der Waals surface area contributed by atoms with Crippen molar-refractivity contribution in [3.63, 3.8) is 0 Å². The fourth-order valence-electron chi connectivity index (χ4n) is 5.97. The number of ether oxygens (including phenoxy) is 1. The van der Waals surface area contributed by atoms with Crippen LogP contribution in [0.15, 0.2) is 30.6 Å². The van der Waals surface area contributed by atoms with E-state index in [9.17, 15) is 8.78 Å². The van der Waals surface area contributed by atoms with Crippen molar-refractivity contribution in [2.24, 2.45) is 17.8 Å². The highest BCUT2D eigenvalue weighted by molar-refractivity contribution is 5.40. The number of nitrogens with zero attached hydrogens (tertiary/aromatic N) is 6. The van der Waals surface area contributed by atoms with Crippen molar-refractivity contribution >= 4 is 5.82 Å². The van der Waals surface area contributed by atoms with E-state index in [1.54, 1.807) is 12.4 Å². The molecule has 178 valence electrons. The van der Waals surface area contributed by atoms with Crippen LogP contribution >= 0.6 is 0 Å². The Bertz CT molecular complexity index is 1190. The van der Waals surface area contributed by atoms with E-state index in [4.69, 9.17) is 14.8 Å². The smallest absolute Gasteiger partial charge is 0.165 e. The van der Waals surface area contributed by atoms with Gasteiger partial charge in [0.2, 0.25) is 0 Å². The van der Waals surface area contributed by atoms with E-state index < -0.39 is 17.7 Å². The van der Waals surface area contributed by atoms with Gasteiger partial charge in [0, 0.05) is 50.0 Å². The first kappa shape index (κ1) is 21.6. The molecule has 6 rings (SSSR count). The van der Waals surface area contributed by atoms with Crippen LogP contribution in [0.1, 0.15) is 48.3 Å². The van der Waals surface area contributed by atoms with Crippen LogP contribution in [0.5, 0.6) is 0 Å². The summed E-state index contributed by atoms with van der Waals surface area (Å²) in [4.78, 5) is 15.9. The Hall–Kier alpha value is -2.94. The molecule has 0 radical (unpaired) electrons. The summed E-state index contributed by atoms with van der Waals surface area (Å²) < 4.78 is 36.3. The van der Waals surface area contributed by atoms with Crippen LogP contribution in [0.25, 0.3) is 0 Å². The van der Waals surface area contributed by atoms with E-state index >= 15 is 0 Å². The summed E-state index contributed by atoms with van der Waals surface area (Å²) in [6.45, 7) is 5.06. The fourth-order valence-corrected chi connectivity index (χ4v) is 5.97. The molecule has 34 heavy (non-hydrogen) atoms. The van der Waals surface area contributed by atoms with Crippen LogP contribution in [-0.4, -0.2) is 44.4 Å². The molecule has 2 aromatic heterocycles. The van der Waals surface area contributed by atoms with Gasteiger partial charge in [0.1, 0.15) is 18.2 Å². The quantitative estimate of drug-likeness (QED) is 0.582. The lowest BCUT2D eigenvalue weighted by Crippen LogP contribution is -2.43. The van der Waals surface area contributed by atoms with Gasteiger partial charge in [-0.25, -0.2) is 28.4 Å². The van der Waals surface area contributed by atoms with Crippen molar-refractivity contribution < 1.29 is 13.5 Å². The number of fused-ring (bicyclic) bond motifs is 3. The number of aromatic nitrogens is 5.